The molecule has 0 spiro atoms. The molecule has 0 aromatic carbocycles. The van der Waals surface area contributed by atoms with Crippen LogP contribution >= 0.6 is 0 Å². The van der Waals surface area contributed by atoms with Gasteiger partial charge < -0.3 is 24.8 Å². The van der Waals surface area contributed by atoms with E-state index < -0.39 is 0 Å². The molecular weight excluding hydrogens is 160 g/mol. The lowest BCUT2D eigenvalue weighted by Crippen LogP contribution is -2.44. The first-order chi connectivity index (χ1) is 5.24. The second-order valence-electron chi connectivity index (χ2n) is 2.80. The van der Waals surface area contributed by atoms with Crippen LogP contribution in [0, 0.1) is 5.37 Å². The Hall–Kier alpha value is 0.01000. The highest BCUT2D eigenvalue weighted by Gasteiger charge is 2.07. The Kier molecular flexibility index (Phi) is 3.43. The minimum atomic E-state index is -0.166. The van der Waals surface area contributed by atoms with Crippen molar-refractivity contribution in [3.8, 4) is 5.37 Å². The number of aliphatic hydroxyl groups is 1. The number of piperazine rings is 1. The van der Waals surface area contributed by atoms with E-state index in [2.05, 4.69) is 21.6 Å². The van der Waals surface area contributed by atoms with E-state index in [4.69, 9.17) is 5.11 Å². The monoisotopic (exact) mass is 175 g/mol. The maximum absolute atomic E-state index is 8.66. The quantitative estimate of drug-likeness (QED) is 0.511. The molecule has 1 fully saturated rings. The summed E-state index contributed by atoms with van der Waals surface area (Å²) in [7, 11) is 1.96. The molecule has 0 aromatic heterocycles. The second-order valence-corrected chi connectivity index (χ2v) is 4.46. The maximum atomic E-state index is 8.66. The van der Waals surface area contributed by atoms with Gasteiger partial charge in [0.15, 0.2) is 0 Å². The largest absolute Gasteiger partial charge is 0.394 e. The fourth-order valence-electron chi connectivity index (χ4n) is 1.12. The van der Waals surface area contributed by atoms with Crippen molar-refractivity contribution in [1.29, 1.82) is 0 Å². The smallest absolute Gasteiger partial charge is 0.00905 e. The van der Waals surface area contributed by atoms with Gasteiger partial charge in [0, 0.05) is 13.1 Å². The Labute approximate surface area is 70.3 Å². The standard InChI is InChI=1S/C7H15N2OS/c1-8-3-5-9(6-4-8)11(2)7-10/h10H,3-6H2,1-2H3/q-1. The molecule has 0 unspecified atom stereocenters. The van der Waals surface area contributed by atoms with Crippen molar-refractivity contribution in [2.24, 2.45) is 0 Å². The van der Waals surface area contributed by atoms with Crippen LogP contribution in [-0.4, -0.2) is 53.8 Å². The molecule has 0 aromatic rings. The van der Waals surface area contributed by atoms with Crippen LogP contribution in [0.4, 0.5) is 0 Å². The van der Waals surface area contributed by atoms with Crippen molar-refractivity contribution < 1.29 is 5.11 Å². The molecule has 0 amide bonds. The summed E-state index contributed by atoms with van der Waals surface area (Å²) >= 11 is 0. The number of nitrogens with zero attached hydrogens (tertiary/aromatic N) is 2. The summed E-state index contributed by atoms with van der Waals surface area (Å²) in [5.74, 6) is 0. The summed E-state index contributed by atoms with van der Waals surface area (Å²) in [5.41, 5.74) is 0. The highest BCUT2D eigenvalue weighted by atomic mass is 32.2. The fourth-order valence-corrected chi connectivity index (χ4v) is 1.95. The van der Waals surface area contributed by atoms with Gasteiger partial charge in [0.2, 0.25) is 0 Å². The zero-order chi connectivity index (χ0) is 8.27. The van der Waals surface area contributed by atoms with Crippen molar-refractivity contribution in [3.63, 3.8) is 0 Å². The van der Waals surface area contributed by atoms with Crippen LogP contribution in [0.15, 0.2) is 0 Å². The molecular formula is C7H15N2OS-. The van der Waals surface area contributed by atoms with E-state index in [1.807, 2.05) is 6.26 Å². The van der Waals surface area contributed by atoms with Gasteiger partial charge in [-0.3, -0.25) is 0 Å². The number of aliphatic hydroxyl groups excluding tert-OH is 1. The predicted octanol–water partition coefficient (Wildman–Crippen LogP) is -0.314. The van der Waals surface area contributed by atoms with Gasteiger partial charge in [0.05, 0.1) is 0 Å². The first-order valence-corrected chi connectivity index (χ1v) is 5.32. The lowest BCUT2D eigenvalue weighted by Gasteiger charge is -2.39. The third-order valence-corrected chi connectivity index (χ3v) is 3.39. The minimum Gasteiger partial charge on any atom is -0.394 e. The molecule has 0 saturated carbocycles. The second kappa shape index (κ2) is 4.14. The van der Waals surface area contributed by atoms with Gasteiger partial charge in [-0.2, -0.15) is 0 Å². The Bertz CT molecular complexity index is 197. The molecule has 1 saturated heterocycles. The molecule has 66 valence electrons. The predicted molar refractivity (Wildman–Crippen MR) is 48.2 cm³/mol. The first kappa shape index (κ1) is 9.10. The number of hydrogen-bond donors (Lipinski definition) is 1. The number of likely N-dealkylation sites (N-methyl/N-ethyl adjacent to an activating group) is 1. The van der Waals surface area contributed by atoms with Gasteiger partial charge in [-0.15, -0.1) is 11.6 Å². The van der Waals surface area contributed by atoms with Crippen LogP contribution in [0.5, 0.6) is 0 Å². The lowest BCUT2D eigenvalue weighted by atomic mass is 10.4. The molecule has 1 aliphatic rings. The molecule has 11 heavy (non-hydrogen) atoms. The van der Waals surface area contributed by atoms with Gasteiger partial charge in [-0.1, -0.05) is 0 Å². The van der Waals surface area contributed by atoms with Crippen LogP contribution in [0.2, 0.25) is 0 Å². The average Bonchev–Trinajstić information content (AvgIpc) is 2.05. The van der Waals surface area contributed by atoms with E-state index in [-0.39, 0.29) is 10.5 Å². The van der Waals surface area contributed by atoms with Crippen LogP contribution in [0.3, 0.4) is 0 Å². The van der Waals surface area contributed by atoms with Crippen LogP contribution < -0.4 is 0 Å². The van der Waals surface area contributed by atoms with E-state index >= 15 is 0 Å². The molecule has 0 atom stereocenters. The Morgan fingerprint density at radius 1 is 1.27 bits per heavy atom. The molecule has 4 heteroatoms. The lowest BCUT2D eigenvalue weighted by molar-refractivity contribution is 0.232. The number of hydrogen-bond acceptors (Lipinski definition) is 4. The summed E-state index contributed by atoms with van der Waals surface area (Å²) in [6.07, 6.45) is 1.99. The van der Waals surface area contributed by atoms with Crippen molar-refractivity contribution in [3.05, 3.63) is 0 Å². The van der Waals surface area contributed by atoms with E-state index in [0.29, 0.717) is 0 Å². The summed E-state index contributed by atoms with van der Waals surface area (Å²) < 4.78 is 2.25. The van der Waals surface area contributed by atoms with Gasteiger partial charge >= 0.3 is 0 Å². The van der Waals surface area contributed by atoms with E-state index in [1.165, 1.54) is 0 Å². The maximum Gasteiger partial charge on any atom is 0.00905 e. The highest BCUT2D eigenvalue weighted by molar-refractivity contribution is 7.83. The Balaban J connectivity index is 2.44. The zero-order valence-electron chi connectivity index (χ0n) is 7.08. The average molecular weight is 175 g/mol. The van der Waals surface area contributed by atoms with E-state index in [0.717, 1.165) is 26.2 Å². The fraction of sp³-hybridized carbons (Fsp3) is 0.857. The molecule has 1 heterocycles. The third-order valence-electron chi connectivity index (χ3n) is 1.98. The van der Waals surface area contributed by atoms with E-state index in [1.54, 1.807) is 0 Å². The topological polar surface area (TPSA) is 26.7 Å². The molecule has 0 radical (unpaired) electrons. The van der Waals surface area contributed by atoms with Crippen molar-refractivity contribution in [1.82, 2.24) is 9.21 Å². The van der Waals surface area contributed by atoms with Gasteiger partial charge in [0.25, 0.3) is 0 Å². The Morgan fingerprint density at radius 3 is 2.27 bits per heavy atom. The SMILES string of the molecule is CN1CCN([S-](C)#CO)CC1. The summed E-state index contributed by atoms with van der Waals surface area (Å²) in [4.78, 5) is 2.30. The molecule has 1 N–H and O–H groups in total. The van der Waals surface area contributed by atoms with Gasteiger partial charge in [-0.05, 0) is 20.1 Å². The molecule has 1 aliphatic heterocycles. The molecule has 1 rings (SSSR count). The van der Waals surface area contributed by atoms with Crippen molar-refractivity contribution in [2.75, 3.05) is 39.5 Å². The van der Waals surface area contributed by atoms with E-state index in [9.17, 15) is 0 Å². The van der Waals surface area contributed by atoms with Gasteiger partial charge in [0.1, 0.15) is 0 Å². The normalized spacial score (nSPS) is 22.2. The molecule has 0 aliphatic carbocycles. The summed E-state index contributed by atoms with van der Waals surface area (Å²) in [6.45, 7) is 4.28. The third kappa shape index (κ3) is 2.51. The van der Waals surface area contributed by atoms with Crippen LogP contribution in [-0.2, 0) is 10.5 Å². The summed E-state index contributed by atoms with van der Waals surface area (Å²) in [6, 6.07) is 0. The first-order valence-electron chi connectivity index (χ1n) is 3.73. The van der Waals surface area contributed by atoms with Crippen LogP contribution in [0.1, 0.15) is 0 Å². The zero-order valence-corrected chi connectivity index (χ0v) is 7.89. The van der Waals surface area contributed by atoms with Gasteiger partial charge in [-0.25, -0.2) is 0 Å². The molecule has 3 nitrogen and oxygen atoms in total. The molecule has 0 bridgehead atoms. The highest BCUT2D eigenvalue weighted by Crippen LogP contribution is 1.99. The van der Waals surface area contributed by atoms with Crippen molar-refractivity contribution >= 4 is 10.5 Å². The van der Waals surface area contributed by atoms with Crippen molar-refractivity contribution in [2.45, 2.75) is 0 Å². The summed E-state index contributed by atoms with van der Waals surface area (Å²) in [5, 5.41) is 10.9. The Morgan fingerprint density at radius 2 is 1.82 bits per heavy atom. The minimum absolute atomic E-state index is 0.166. The number of rotatable bonds is 0. The van der Waals surface area contributed by atoms with Crippen LogP contribution in [0.25, 0.3) is 0 Å².